The maximum absolute atomic E-state index is 11.8. The van der Waals surface area contributed by atoms with Gasteiger partial charge in [0.05, 0.1) is 0 Å². The van der Waals surface area contributed by atoms with E-state index in [0.29, 0.717) is 19.4 Å². The third-order valence-corrected chi connectivity index (χ3v) is 3.78. The van der Waals surface area contributed by atoms with Gasteiger partial charge in [-0.3, -0.25) is 4.79 Å². The number of hydrogen-bond donors (Lipinski definition) is 1. The minimum Gasteiger partial charge on any atom is -0.479 e. The largest absolute Gasteiger partial charge is 0.479 e. The molecule has 5 heteroatoms. The van der Waals surface area contributed by atoms with Crippen LogP contribution in [-0.4, -0.2) is 59.0 Å². The molecule has 1 rings (SSSR count). The Bertz CT molecular complexity index is 319. The van der Waals surface area contributed by atoms with Crippen molar-refractivity contribution in [2.24, 2.45) is 0 Å². The topological polar surface area (TPSA) is 60.9 Å². The number of hydrogen-bond acceptors (Lipinski definition) is 3. The van der Waals surface area contributed by atoms with Crippen LogP contribution in [0.4, 0.5) is 0 Å². The summed E-state index contributed by atoms with van der Waals surface area (Å²) in [5.41, 5.74) is -1.01. The Kier molecular flexibility index (Phi) is 5.14. The highest BCUT2D eigenvalue weighted by atomic mass is 16.4. The van der Waals surface area contributed by atoms with Gasteiger partial charge in [-0.05, 0) is 39.3 Å². The number of carboxylic acids is 1. The predicted octanol–water partition coefficient (Wildman–Crippen LogP) is 1.18. The van der Waals surface area contributed by atoms with E-state index in [1.807, 2.05) is 14.0 Å². The van der Waals surface area contributed by atoms with Crippen molar-refractivity contribution in [2.45, 2.75) is 45.1 Å². The number of likely N-dealkylation sites (tertiary alicyclic amines) is 1. The first kappa shape index (κ1) is 15.0. The lowest BCUT2D eigenvalue weighted by atomic mass is 9.88. The molecule has 0 aromatic rings. The van der Waals surface area contributed by atoms with Gasteiger partial charge in [0.2, 0.25) is 5.91 Å². The number of rotatable bonds is 4. The molecule has 0 saturated carbocycles. The van der Waals surface area contributed by atoms with Gasteiger partial charge >= 0.3 is 5.97 Å². The molecule has 0 aromatic carbocycles. The standard InChI is InChI=1S/C13H24N2O3/c1-4-8-15(11(2)16)13(12(17)18)6-5-9-14(3)10-7-13/h4-10H2,1-3H3,(H,17,18). The number of carbonyl (C=O) groups excluding carboxylic acids is 1. The SMILES string of the molecule is CCCN(C(C)=O)C1(C(=O)O)CCCN(C)CC1. The molecule has 1 atom stereocenters. The van der Waals surface area contributed by atoms with Crippen LogP contribution in [0.3, 0.4) is 0 Å². The van der Waals surface area contributed by atoms with Crippen molar-refractivity contribution in [3.63, 3.8) is 0 Å². The Balaban J connectivity index is 3.03. The van der Waals surface area contributed by atoms with Crippen LogP contribution in [0.15, 0.2) is 0 Å². The third-order valence-electron chi connectivity index (χ3n) is 3.78. The van der Waals surface area contributed by atoms with Gasteiger partial charge in [0.25, 0.3) is 0 Å². The zero-order chi connectivity index (χ0) is 13.8. The second kappa shape index (κ2) is 6.18. The Morgan fingerprint density at radius 3 is 2.50 bits per heavy atom. The summed E-state index contributed by atoms with van der Waals surface area (Å²) in [6, 6.07) is 0. The molecule has 5 nitrogen and oxygen atoms in total. The molecule has 1 saturated heterocycles. The summed E-state index contributed by atoms with van der Waals surface area (Å²) < 4.78 is 0. The highest BCUT2D eigenvalue weighted by molar-refractivity contribution is 5.86. The molecular formula is C13H24N2O3. The summed E-state index contributed by atoms with van der Waals surface area (Å²) >= 11 is 0. The van der Waals surface area contributed by atoms with E-state index < -0.39 is 11.5 Å². The Hall–Kier alpha value is -1.10. The summed E-state index contributed by atoms with van der Waals surface area (Å²) in [7, 11) is 2.00. The molecular weight excluding hydrogens is 232 g/mol. The molecule has 1 amide bonds. The lowest BCUT2D eigenvalue weighted by Gasteiger charge is -2.39. The average Bonchev–Trinajstić information content (AvgIpc) is 2.49. The minimum atomic E-state index is -1.01. The molecule has 0 aliphatic carbocycles. The summed E-state index contributed by atoms with van der Waals surface area (Å²) in [5, 5.41) is 9.63. The van der Waals surface area contributed by atoms with Gasteiger partial charge in [-0.2, -0.15) is 0 Å². The second-order valence-corrected chi connectivity index (χ2v) is 5.16. The molecule has 1 N–H and O–H groups in total. The van der Waals surface area contributed by atoms with Crippen molar-refractivity contribution in [3.05, 3.63) is 0 Å². The lowest BCUT2D eigenvalue weighted by molar-refractivity contribution is -0.159. The first-order chi connectivity index (χ1) is 8.44. The fraction of sp³-hybridized carbons (Fsp3) is 0.846. The summed E-state index contributed by atoms with van der Waals surface area (Å²) in [5.74, 6) is -0.995. The zero-order valence-corrected chi connectivity index (χ0v) is 11.6. The highest BCUT2D eigenvalue weighted by Gasteiger charge is 2.45. The third kappa shape index (κ3) is 3.02. The van der Waals surface area contributed by atoms with Crippen molar-refractivity contribution in [1.29, 1.82) is 0 Å². The van der Waals surface area contributed by atoms with Crippen molar-refractivity contribution in [1.82, 2.24) is 9.80 Å². The molecule has 1 aliphatic rings. The van der Waals surface area contributed by atoms with Gasteiger partial charge in [0.15, 0.2) is 0 Å². The number of aliphatic carboxylic acids is 1. The van der Waals surface area contributed by atoms with E-state index in [2.05, 4.69) is 4.90 Å². The molecule has 1 unspecified atom stereocenters. The average molecular weight is 256 g/mol. The van der Waals surface area contributed by atoms with E-state index in [4.69, 9.17) is 0 Å². The van der Waals surface area contributed by atoms with Crippen LogP contribution >= 0.6 is 0 Å². The smallest absolute Gasteiger partial charge is 0.329 e. The molecule has 18 heavy (non-hydrogen) atoms. The molecule has 0 spiro atoms. The number of nitrogens with zero attached hydrogens (tertiary/aromatic N) is 2. The van der Waals surface area contributed by atoms with Crippen LogP contribution < -0.4 is 0 Å². The van der Waals surface area contributed by atoms with Gasteiger partial charge in [0, 0.05) is 20.0 Å². The Labute approximate surface area is 109 Å². The predicted molar refractivity (Wildman–Crippen MR) is 69.4 cm³/mol. The minimum absolute atomic E-state index is 0.135. The van der Waals surface area contributed by atoms with Crippen LogP contribution in [0.5, 0.6) is 0 Å². The summed E-state index contributed by atoms with van der Waals surface area (Å²) in [4.78, 5) is 27.2. The van der Waals surface area contributed by atoms with Crippen LogP contribution in [0.1, 0.15) is 39.5 Å². The fourth-order valence-corrected chi connectivity index (χ4v) is 2.75. The van der Waals surface area contributed by atoms with Crippen molar-refractivity contribution < 1.29 is 14.7 Å². The Morgan fingerprint density at radius 1 is 1.33 bits per heavy atom. The normalized spacial score (nSPS) is 25.5. The molecule has 1 fully saturated rings. The quantitative estimate of drug-likeness (QED) is 0.820. The van der Waals surface area contributed by atoms with Crippen molar-refractivity contribution in [3.8, 4) is 0 Å². The van der Waals surface area contributed by atoms with Crippen LogP contribution in [-0.2, 0) is 9.59 Å². The maximum Gasteiger partial charge on any atom is 0.329 e. The molecule has 0 aromatic heterocycles. The van der Waals surface area contributed by atoms with Crippen LogP contribution in [0, 0.1) is 0 Å². The second-order valence-electron chi connectivity index (χ2n) is 5.16. The van der Waals surface area contributed by atoms with Crippen molar-refractivity contribution in [2.75, 3.05) is 26.7 Å². The van der Waals surface area contributed by atoms with E-state index in [1.165, 1.54) is 6.92 Å². The molecule has 0 radical (unpaired) electrons. The van der Waals surface area contributed by atoms with Crippen LogP contribution in [0.25, 0.3) is 0 Å². The van der Waals surface area contributed by atoms with E-state index >= 15 is 0 Å². The lowest BCUT2D eigenvalue weighted by Crippen LogP contribution is -2.57. The first-order valence-electron chi connectivity index (χ1n) is 6.64. The monoisotopic (exact) mass is 256 g/mol. The number of amides is 1. The van der Waals surface area contributed by atoms with E-state index in [1.54, 1.807) is 4.90 Å². The maximum atomic E-state index is 11.8. The Morgan fingerprint density at radius 2 is 2.00 bits per heavy atom. The molecule has 1 heterocycles. The molecule has 1 aliphatic heterocycles. The van der Waals surface area contributed by atoms with Gasteiger partial charge < -0.3 is 14.9 Å². The molecule has 104 valence electrons. The first-order valence-corrected chi connectivity index (χ1v) is 6.64. The summed E-state index contributed by atoms with van der Waals surface area (Å²) in [6.45, 7) is 5.57. The van der Waals surface area contributed by atoms with Gasteiger partial charge in [-0.1, -0.05) is 6.92 Å². The number of carbonyl (C=O) groups is 2. The van der Waals surface area contributed by atoms with E-state index in [9.17, 15) is 14.7 Å². The fourth-order valence-electron chi connectivity index (χ4n) is 2.75. The van der Waals surface area contributed by atoms with E-state index in [-0.39, 0.29) is 5.91 Å². The highest BCUT2D eigenvalue weighted by Crippen LogP contribution is 2.29. The number of carboxylic acid groups (broad SMARTS) is 1. The van der Waals surface area contributed by atoms with Gasteiger partial charge in [0.1, 0.15) is 5.54 Å². The summed E-state index contributed by atoms with van der Waals surface area (Å²) in [6.07, 6.45) is 2.66. The van der Waals surface area contributed by atoms with Crippen LogP contribution in [0.2, 0.25) is 0 Å². The van der Waals surface area contributed by atoms with Gasteiger partial charge in [-0.15, -0.1) is 0 Å². The van der Waals surface area contributed by atoms with Gasteiger partial charge in [-0.25, -0.2) is 4.79 Å². The molecule has 0 bridgehead atoms. The van der Waals surface area contributed by atoms with E-state index in [0.717, 1.165) is 25.9 Å². The zero-order valence-electron chi connectivity index (χ0n) is 11.6. The van der Waals surface area contributed by atoms with Crippen molar-refractivity contribution >= 4 is 11.9 Å².